The first kappa shape index (κ1) is 23.3. The van der Waals surface area contributed by atoms with Gasteiger partial charge in [-0.2, -0.15) is 5.26 Å². The molecule has 2 aromatic heterocycles. The van der Waals surface area contributed by atoms with E-state index in [1.165, 1.54) is 18.4 Å². The second kappa shape index (κ2) is 8.63. The fraction of sp³-hybridized carbons (Fsp3) is 0.391. The minimum atomic E-state index is -1.23. The van der Waals surface area contributed by atoms with Gasteiger partial charge in [-0.15, -0.1) is 11.3 Å². The van der Waals surface area contributed by atoms with Gasteiger partial charge in [0.25, 0.3) is 0 Å². The van der Waals surface area contributed by atoms with Crippen LogP contribution in [0, 0.1) is 18.3 Å². The van der Waals surface area contributed by atoms with Gasteiger partial charge in [-0.25, -0.2) is 9.59 Å². The minimum absolute atomic E-state index is 0.0546. The summed E-state index contributed by atoms with van der Waals surface area (Å²) in [4.78, 5) is 30.8. The van der Waals surface area contributed by atoms with Gasteiger partial charge < -0.3 is 19.8 Å². The Morgan fingerprint density at radius 2 is 2.09 bits per heavy atom. The van der Waals surface area contributed by atoms with Gasteiger partial charge in [-0.05, 0) is 56.9 Å². The number of rotatable bonds is 6. The number of hydrogen-bond donors (Lipinski definition) is 1. The van der Waals surface area contributed by atoms with Crippen molar-refractivity contribution in [3.8, 4) is 16.6 Å². The van der Waals surface area contributed by atoms with Gasteiger partial charge in [0.1, 0.15) is 17.2 Å². The van der Waals surface area contributed by atoms with Crippen LogP contribution in [0.2, 0.25) is 0 Å². The Hall–Kier alpha value is -3.38. The SMILES string of the molecule is COC(=O)c1c(N)c(C#N)c(-c2sccc2C)n1CCC1(C(=O)OC(C)(C)C)C=CC=N1. The van der Waals surface area contributed by atoms with Crippen molar-refractivity contribution in [1.82, 2.24) is 4.57 Å². The number of carbonyl (C=O) groups excluding carboxylic acids is 2. The average molecular weight is 455 g/mol. The number of esters is 2. The molecule has 1 atom stereocenters. The van der Waals surface area contributed by atoms with Crippen molar-refractivity contribution in [2.24, 2.45) is 4.99 Å². The first-order valence-electron chi connectivity index (χ1n) is 10.1. The maximum Gasteiger partial charge on any atom is 0.356 e. The summed E-state index contributed by atoms with van der Waals surface area (Å²) in [5, 5.41) is 11.7. The van der Waals surface area contributed by atoms with E-state index in [4.69, 9.17) is 15.2 Å². The molecule has 0 fully saturated rings. The van der Waals surface area contributed by atoms with Crippen molar-refractivity contribution >= 4 is 35.2 Å². The molecule has 0 amide bonds. The van der Waals surface area contributed by atoms with E-state index in [9.17, 15) is 14.9 Å². The number of nitrogens with two attached hydrogens (primary N) is 1. The van der Waals surface area contributed by atoms with Crippen LogP contribution in [-0.4, -0.2) is 41.0 Å². The predicted molar refractivity (Wildman–Crippen MR) is 124 cm³/mol. The summed E-state index contributed by atoms with van der Waals surface area (Å²) in [5.41, 5.74) is 6.14. The monoisotopic (exact) mass is 454 g/mol. The number of nitrogen functional groups attached to an aromatic ring is 1. The molecule has 32 heavy (non-hydrogen) atoms. The molecule has 0 aromatic carbocycles. The Labute approximate surface area is 191 Å². The number of aliphatic imine (C=N–C) groups is 1. The topological polar surface area (TPSA) is 120 Å². The normalized spacial score (nSPS) is 17.4. The van der Waals surface area contributed by atoms with Crippen LogP contribution in [0.5, 0.6) is 0 Å². The molecule has 3 heterocycles. The third-order valence-electron chi connectivity index (χ3n) is 5.10. The fourth-order valence-electron chi connectivity index (χ4n) is 3.58. The van der Waals surface area contributed by atoms with Crippen molar-refractivity contribution < 1.29 is 19.1 Å². The number of ether oxygens (including phenoxy) is 2. The summed E-state index contributed by atoms with van der Waals surface area (Å²) in [6.07, 6.45) is 5.14. The van der Waals surface area contributed by atoms with Gasteiger partial charge in [0.05, 0.1) is 23.4 Å². The van der Waals surface area contributed by atoms with Gasteiger partial charge in [-0.3, -0.25) is 4.99 Å². The number of methoxy groups -OCH3 is 1. The van der Waals surface area contributed by atoms with Crippen molar-refractivity contribution in [2.75, 3.05) is 12.8 Å². The summed E-state index contributed by atoms with van der Waals surface area (Å²) >= 11 is 1.44. The molecule has 3 rings (SSSR count). The summed E-state index contributed by atoms with van der Waals surface area (Å²) in [6, 6.07) is 4.06. The number of anilines is 1. The van der Waals surface area contributed by atoms with Crippen LogP contribution < -0.4 is 5.73 Å². The fourth-order valence-corrected chi connectivity index (χ4v) is 4.57. The molecule has 8 nitrogen and oxygen atoms in total. The molecule has 2 aromatic rings. The molecule has 0 bridgehead atoms. The molecule has 0 radical (unpaired) electrons. The van der Waals surface area contributed by atoms with Gasteiger partial charge >= 0.3 is 11.9 Å². The van der Waals surface area contributed by atoms with E-state index in [1.807, 2.05) is 18.4 Å². The number of thiophene rings is 1. The highest BCUT2D eigenvalue weighted by molar-refractivity contribution is 7.13. The first-order chi connectivity index (χ1) is 15.0. The maximum atomic E-state index is 13.0. The molecule has 1 aliphatic heterocycles. The Bertz CT molecular complexity index is 1150. The Morgan fingerprint density at radius 1 is 1.38 bits per heavy atom. The van der Waals surface area contributed by atoms with Crippen LogP contribution >= 0.6 is 11.3 Å². The Morgan fingerprint density at radius 3 is 2.59 bits per heavy atom. The van der Waals surface area contributed by atoms with E-state index in [2.05, 4.69) is 11.1 Å². The van der Waals surface area contributed by atoms with Crippen molar-refractivity contribution in [2.45, 2.75) is 51.8 Å². The zero-order valence-corrected chi connectivity index (χ0v) is 19.6. The number of aryl methyl sites for hydroxylation is 1. The number of carbonyl (C=O) groups is 2. The third kappa shape index (κ3) is 4.18. The van der Waals surface area contributed by atoms with Gasteiger partial charge in [0, 0.05) is 19.2 Å². The minimum Gasteiger partial charge on any atom is -0.464 e. The Balaban J connectivity index is 2.11. The van der Waals surface area contributed by atoms with Gasteiger partial charge in [0.2, 0.25) is 0 Å². The third-order valence-corrected chi connectivity index (χ3v) is 6.12. The summed E-state index contributed by atoms with van der Waals surface area (Å²) in [7, 11) is 1.26. The summed E-state index contributed by atoms with van der Waals surface area (Å²) in [5.74, 6) is -1.14. The molecule has 0 aliphatic carbocycles. The lowest BCUT2D eigenvalue weighted by atomic mass is 9.96. The molecular weight excluding hydrogens is 428 g/mol. The molecule has 168 valence electrons. The zero-order chi connectivity index (χ0) is 23.7. The number of nitriles is 1. The largest absolute Gasteiger partial charge is 0.464 e. The van der Waals surface area contributed by atoms with Crippen molar-refractivity contribution in [1.29, 1.82) is 5.26 Å². The van der Waals surface area contributed by atoms with Crippen molar-refractivity contribution in [3.63, 3.8) is 0 Å². The molecule has 1 unspecified atom stereocenters. The highest BCUT2D eigenvalue weighted by Gasteiger charge is 2.41. The second-order valence-corrected chi connectivity index (χ2v) is 9.40. The lowest BCUT2D eigenvalue weighted by molar-refractivity contribution is -0.159. The van der Waals surface area contributed by atoms with E-state index in [0.717, 1.165) is 10.4 Å². The second-order valence-electron chi connectivity index (χ2n) is 8.49. The number of hydrogen-bond acceptors (Lipinski definition) is 8. The van der Waals surface area contributed by atoms with Crippen LogP contribution in [-0.2, 0) is 20.8 Å². The van der Waals surface area contributed by atoms with Crippen LogP contribution in [0.4, 0.5) is 5.69 Å². The van der Waals surface area contributed by atoms with E-state index in [1.54, 1.807) is 43.7 Å². The van der Waals surface area contributed by atoms with Crippen LogP contribution in [0.3, 0.4) is 0 Å². The summed E-state index contributed by atoms with van der Waals surface area (Å²) in [6.45, 7) is 7.48. The number of nitrogens with zero attached hydrogens (tertiary/aromatic N) is 3. The lowest BCUT2D eigenvalue weighted by Gasteiger charge is -2.28. The Kier molecular flexibility index (Phi) is 6.28. The lowest BCUT2D eigenvalue weighted by Crippen LogP contribution is -2.40. The molecule has 9 heteroatoms. The molecule has 2 N–H and O–H groups in total. The molecule has 0 saturated heterocycles. The van der Waals surface area contributed by atoms with Crippen LogP contribution in [0.1, 0.15) is 48.8 Å². The van der Waals surface area contributed by atoms with Crippen molar-refractivity contribution in [3.05, 3.63) is 40.4 Å². The maximum absolute atomic E-state index is 13.0. The van der Waals surface area contributed by atoms with E-state index < -0.39 is 23.1 Å². The smallest absolute Gasteiger partial charge is 0.356 e. The zero-order valence-electron chi connectivity index (χ0n) is 18.8. The first-order valence-corrected chi connectivity index (χ1v) is 10.9. The quantitative estimate of drug-likeness (QED) is 0.662. The van der Waals surface area contributed by atoms with Gasteiger partial charge in [-0.1, -0.05) is 0 Å². The standard InChI is InChI=1S/C23H26N4O4S/c1-14-7-12-32-19(14)17-15(13-24)16(25)18(20(28)30-5)27(17)11-9-23(8-6-10-26-23)21(29)31-22(2,3)4/h6-8,10,12H,9,11,25H2,1-5H3. The molecular formula is C23H26N4O4S. The van der Waals surface area contributed by atoms with E-state index in [-0.39, 0.29) is 29.9 Å². The number of allylic oxidation sites excluding steroid dienone is 1. The molecule has 0 saturated carbocycles. The van der Waals surface area contributed by atoms with E-state index in [0.29, 0.717) is 5.69 Å². The van der Waals surface area contributed by atoms with Gasteiger partial charge in [0.15, 0.2) is 11.2 Å². The predicted octanol–water partition coefficient (Wildman–Crippen LogP) is 3.88. The highest BCUT2D eigenvalue weighted by Crippen LogP contribution is 2.39. The molecule has 0 spiro atoms. The number of aromatic nitrogens is 1. The summed E-state index contributed by atoms with van der Waals surface area (Å²) < 4.78 is 12.2. The van der Waals surface area contributed by atoms with E-state index >= 15 is 0 Å². The molecule has 1 aliphatic rings. The average Bonchev–Trinajstić information content (AvgIpc) is 3.42. The highest BCUT2D eigenvalue weighted by atomic mass is 32.1. The van der Waals surface area contributed by atoms with Crippen LogP contribution in [0.25, 0.3) is 10.6 Å². The van der Waals surface area contributed by atoms with Crippen LogP contribution in [0.15, 0.2) is 28.6 Å².